The Labute approximate surface area is 171 Å². The summed E-state index contributed by atoms with van der Waals surface area (Å²) in [6, 6.07) is 10.8. The summed E-state index contributed by atoms with van der Waals surface area (Å²) in [4.78, 5) is 27.6. The van der Waals surface area contributed by atoms with Crippen LogP contribution >= 0.6 is 0 Å². The van der Waals surface area contributed by atoms with Crippen LogP contribution < -0.4 is 5.56 Å². The van der Waals surface area contributed by atoms with Gasteiger partial charge in [0.15, 0.2) is 0 Å². The molecule has 0 aliphatic carbocycles. The number of carbonyl (C=O) groups is 1. The van der Waals surface area contributed by atoms with E-state index in [9.17, 15) is 19.1 Å². The molecule has 4 heterocycles. The highest BCUT2D eigenvalue weighted by molar-refractivity contribution is 5.99. The number of nitrogens with one attached hydrogen (secondary N) is 1. The Morgan fingerprint density at radius 3 is 2.87 bits per heavy atom. The van der Waals surface area contributed by atoms with Gasteiger partial charge in [-0.05, 0) is 24.6 Å². The second-order valence-corrected chi connectivity index (χ2v) is 7.98. The molecule has 0 saturated carbocycles. The fourth-order valence-electron chi connectivity index (χ4n) is 4.93. The highest BCUT2D eigenvalue weighted by atomic mass is 19.1. The molecule has 3 atom stereocenters. The predicted octanol–water partition coefficient (Wildman–Crippen LogP) is 2.17. The van der Waals surface area contributed by atoms with Crippen molar-refractivity contribution in [3.05, 3.63) is 76.1 Å². The molecule has 2 bridgehead atoms. The molecule has 2 aromatic heterocycles. The minimum atomic E-state index is -0.388. The molecule has 0 radical (unpaired) electrons. The van der Waals surface area contributed by atoms with Gasteiger partial charge < -0.3 is 14.6 Å². The van der Waals surface area contributed by atoms with E-state index in [2.05, 4.69) is 10.2 Å². The van der Waals surface area contributed by atoms with Crippen LogP contribution in [-0.2, 0) is 0 Å². The number of likely N-dealkylation sites (tertiary alicyclic amines) is 1. The SMILES string of the molecule is O=C(c1cn[nH]c1-c1cccc(F)c1)N1C[C@H]2C[C@@H](C1)[C@H](CO)n1c2cccc1=O. The number of aromatic amines is 1. The third-order valence-electron chi connectivity index (χ3n) is 6.26. The third kappa shape index (κ3) is 2.95. The number of H-pyrrole nitrogens is 1. The van der Waals surface area contributed by atoms with Gasteiger partial charge in [0.2, 0.25) is 0 Å². The summed E-state index contributed by atoms with van der Waals surface area (Å²) in [7, 11) is 0. The van der Waals surface area contributed by atoms with Crippen LogP contribution in [-0.4, -0.2) is 50.4 Å². The zero-order valence-corrected chi connectivity index (χ0v) is 16.2. The summed E-state index contributed by atoms with van der Waals surface area (Å²) in [6.07, 6.45) is 2.29. The molecule has 1 aromatic carbocycles. The molecule has 0 unspecified atom stereocenters. The molecule has 7 nitrogen and oxygen atoms in total. The lowest BCUT2D eigenvalue weighted by Gasteiger charge is -2.46. The molecule has 5 rings (SSSR count). The number of piperidine rings is 1. The summed E-state index contributed by atoms with van der Waals surface area (Å²) in [6.45, 7) is 0.760. The number of nitrogens with zero attached hydrogens (tertiary/aromatic N) is 3. The van der Waals surface area contributed by atoms with E-state index in [0.29, 0.717) is 29.9 Å². The standard InChI is InChI=1S/C22H21FN4O3/c23-16-4-1-3-13(8-16)21-17(9-24-25-21)22(30)26-10-14-7-15(11-26)19(12-28)27-18(14)5-2-6-20(27)29/h1-6,8-9,14-15,19,28H,7,10-12H2,(H,24,25)/t14-,15+,19+/m1/s1. The first-order valence-electron chi connectivity index (χ1n) is 9.97. The van der Waals surface area contributed by atoms with Crippen molar-refractivity contribution < 1.29 is 14.3 Å². The number of hydrogen-bond donors (Lipinski definition) is 2. The number of amides is 1. The Hall–Kier alpha value is -3.26. The van der Waals surface area contributed by atoms with E-state index < -0.39 is 0 Å². The molecule has 2 N–H and O–H groups in total. The number of hydrogen-bond acceptors (Lipinski definition) is 4. The van der Waals surface area contributed by atoms with E-state index >= 15 is 0 Å². The second-order valence-electron chi connectivity index (χ2n) is 7.98. The van der Waals surface area contributed by atoms with Crippen molar-refractivity contribution in [1.82, 2.24) is 19.7 Å². The molecular weight excluding hydrogens is 387 g/mol. The zero-order valence-electron chi connectivity index (χ0n) is 16.2. The number of aromatic nitrogens is 3. The Kier molecular flexibility index (Phi) is 4.51. The van der Waals surface area contributed by atoms with Gasteiger partial charge in [-0.25, -0.2) is 4.39 Å². The van der Waals surface area contributed by atoms with Gasteiger partial charge in [0.25, 0.3) is 11.5 Å². The summed E-state index contributed by atoms with van der Waals surface area (Å²) in [5.74, 6) is -0.578. The van der Waals surface area contributed by atoms with Gasteiger partial charge in [0.05, 0.1) is 30.1 Å². The molecule has 2 aliphatic rings. The third-order valence-corrected chi connectivity index (χ3v) is 6.26. The molecule has 2 aliphatic heterocycles. The topological polar surface area (TPSA) is 91.2 Å². The molecular formula is C22H21FN4O3. The molecule has 3 aromatic rings. The average molecular weight is 408 g/mol. The van der Waals surface area contributed by atoms with Crippen molar-refractivity contribution in [3.8, 4) is 11.3 Å². The Morgan fingerprint density at radius 1 is 1.23 bits per heavy atom. The molecule has 1 fully saturated rings. The highest BCUT2D eigenvalue weighted by Gasteiger charge is 2.42. The number of aliphatic hydroxyl groups excluding tert-OH is 1. The lowest BCUT2D eigenvalue weighted by molar-refractivity contribution is 0.0438. The average Bonchev–Trinajstić information content (AvgIpc) is 3.24. The number of fused-ring (bicyclic) bond motifs is 4. The first-order chi connectivity index (χ1) is 14.6. The number of aliphatic hydroxyl groups is 1. The van der Waals surface area contributed by atoms with E-state index in [-0.39, 0.29) is 41.8 Å². The van der Waals surface area contributed by atoms with Crippen molar-refractivity contribution in [2.75, 3.05) is 19.7 Å². The number of halogens is 1. The summed E-state index contributed by atoms with van der Waals surface area (Å²) in [5, 5.41) is 16.8. The predicted molar refractivity (Wildman–Crippen MR) is 108 cm³/mol. The molecule has 1 saturated heterocycles. The Bertz CT molecular complexity index is 1170. The normalized spacial score (nSPS) is 22.6. The fraction of sp³-hybridized carbons (Fsp3) is 0.318. The van der Waals surface area contributed by atoms with Crippen LogP contribution in [0.15, 0.2) is 53.5 Å². The van der Waals surface area contributed by atoms with Gasteiger partial charge in [-0.1, -0.05) is 18.2 Å². The van der Waals surface area contributed by atoms with Crippen LogP contribution in [0.2, 0.25) is 0 Å². The molecule has 1 amide bonds. The zero-order chi connectivity index (χ0) is 20.8. The van der Waals surface area contributed by atoms with Crippen LogP contribution in [0, 0.1) is 11.7 Å². The molecule has 0 spiro atoms. The number of carbonyl (C=O) groups excluding carboxylic acids is 1. The first-order valence-corrected chi connectivity index (χ1v) is 9.97. The minimum absolute atomic E-state index is 0.0187. The van der Waals surface area contributed by atoms with Crippen molar-refractivity contribution in [2.24, 2.45) is 5.92 Å². The lowest BCUT2D eigenvalue weighted by atomic mass is 9.78. The lowest BCUT2D eigenvalue weighted by Crippen LogP contribution is -2.51. The first kappa shape index (κ1) is 18.7. The quantitative estimate of drug-likeness (QED) is 0.695. The number of rotatable bonds is 3. The van der Waals surface area contributed by atoms with E-state index in [4.69, 9.17) is 0 Å². The van der Waals surface area contributed by atoms with E-state index in [1.165, 1.54) is 24.4 Å². The minimum Gasteiger partial charge on any atom is -0.394 e. The maximum atomic E-state index is 13.7. The van der Waals surface area contributed by atoms with Crippen molar-refractivity contribution in [2.45, 2.75) is 18.4 Å². The van der Waals surface area contributed by atoms with Crippen molar-refractivity contribution >= 4 is 5.91 Å². The maximum Gasteiger partial charge on any atom is 0.257 e. The van der Waals surface area contributed by atoms with Gasteiger partial charge in [-0.3, -0.25) is 14.7 Å². The second kappa shape index (κ2) is 7.21. The monoisotopic (exact) mass is 408 g/mol. The smallest absolute Gasteiger partial charge is 0.257 e. The number of pyridine rings is 1. The van der Waals surface area contributed by atoms with Crippen LogP contribution in [0.3, 0.4) is 0 Å². The van der Waals surface area contributed by atoms with Crippen LogP contribution in [0.1, 0.15) is 34.4 Å². The van der Waals surface area contributed by atoms with Crippen LogP contribution in [0.4, 0.5) is 4.39 Å². The van der Waals surface area contributed by atoms with Gasteiger partial charge in [-0.15, -0.1) is 0 Å². The highest BCUT2D eigenvalue weighted by Crippen LogP contribution is 2.41. The Morgan fingerprint density at radius 2 is 2.07 bits per heavy atom. The van der Waals surface area contributed by atoms with Crippen molar-refractivity contribution in [3.63, 3.8) is 0 Å². The fourth-order valence-corrected chi connectivity index (χ4v) is 4.93. The van der Waals surface area contributed by atoms with Gasteiger partial charge >= 0.3 is 0 Å². The Balaban J connectivity index is 1.49. The van der Waals surface area contributed by atoms with Crippen LogP contribution in [0.25, 0.3) is 11.3 Å². The summed E-state index contributed by atoms with van der Waals surface area (Å²) in [5.41, 5.74) is 2.15. The van der Waals surface area contributed by atoms with Crippen molar-refractivity contribution in [1.29, 1.82) is 0 Å². The van der Waals surface area contributed by atoms with E-state index in [0.717, 1.165) is 12.1 Å². The van der Waals surface area contributed by atoms with E-state index in [1.54, 1.807) is 27.7 Å². The molecule has 30 heavy (non-hydrogen) atoms. The number of benzene rings is 1. The largest absolute Gasteiger partial charge is 0.394 e. The van der Waals surface area contributed by atoms with Gasteiger partial charge in [-0.2, -0.15) is 5.10 Å². The molecule has 8 heteroatoms. The summed E-state index contributed by atoms with van der Waals surface area (Å²) >= 11 is 0. The van der Waals surface area contributed by atoms with E-state index in [1.807, 2.05) is 6.07 Å². The van der Waals surface area contributed by atoms with Crippen LogP contribution in [0.5, 0.6) is 0 Å². The van der Waals surface area contributed by atoms with Gasteiger partial charge in [0, 0.05) is 42.2 Å². The van der Waals surface area contributed by atoms with Gasteiger partial charge in [0.1, 0.15) is 5.82 Å². The summed E-state index contributed by atoms with van der Waals surface area (Å²) < 4.78 is 15.4. The maximum absolute atomic E-state index is 13.7. The molecule has 154 valence electrons.